The molecule has 0 saturated carbocycles. The Morgan fingerprint density at radius 2 is 1.85 bits per heavy atom. The molecular weight excluding hydrogens is 248 g/mol. The van der Waals surface area contributed by atoms with E-state index in [-0.39, 0.29) is 0 Å². The van der Waals surface area contributed by atoms with Crippen LogP contribution >= 0.6 is 0 Å². The highest BCUT2D eigenvalue weighted by Crippen LogP contribution is 2.19. The molecule has 0 spiro atoms. The second-order valence-electron chi connectivity index (χ2n) is 5.04. The fraction of sp³-hybridized carbons (Fsp3) is 0.375. The summed E-state index contributed by atoms with van der Waals surface area (Å²) >= 11 is 0. The Hall–Kier alpha value is -1.94. The van der Waals surface area contributed by atoms with E-state index in [0.29, 0.717) is 0 Å². The molecule has 1 fully saturated rings. The standard InChI is InChI=1S/C16H20N4/c1-2-19-9-11-20(12-10-19)16-7-6-14(13-18-16)15-5-3-4-8-17-15/h3-8,13H,2,9-12H2,1H3. The average molecular weight is 268 g/mol. The second kappa shape index (κ2) is 6.01. The number of likely N-dealkylation sites (N-methyl/N-ethyl adjacent to an activating group) is 1. The largest absolute Gasteiger partial charge is 0.354 e. The summed E-state index contributed by atoms with van der Waals surface area (Å²) < 4.78 is 0. The first-order valence-corrected chi connectivity index (χ1v) is 7.21. The van der Waals surface area contributed by atoms with Crippen molar-refractivity contribution in [3.05, 3.63) is 42.7 Å². The van der Waals surface area contributed by atoms with E-state index in [2.05, 4.69) is 38.8 Å². The van der Waals surface area contributed by atoms with Gasteiger partial charge in [-0.15, -0.1) is 0 Å². The van der Waals surface area contributed by atoms with Crippen LogP contribution < -0.4 is 4.90 Å². The first kappa shape index (κ1) is 13.1. The lowest BCUT2D eigenvalue weighted by molar-refractivity contribution is 0.270. The Morgan fingerprint density at radius 3 is 2.45 bits per heavy atom. The molecule has 1 aliphatic rings. The molecule has 104 valence electrons. The van der Waals surface area contributed by atoms with E-state index >= 15 is 0 Å². The van der Waals surface area contributed by atoms with Crippen LogP contribution in [-0.4, -0.2) is 47.6 Å². The number of hydrogen-bond acceptors (Lipinski definition) is 4. The summed E-state index contributed by atoms with van der Waals surface area (Å²) in [5, 5.41) is 0. The molecule has 3 rings (SSSR count). The lowest BCUT2D eigenvalue weighted by Crippen LogP contribution is -2.46. The molecule has 0 atom stereocenters. The van der Waals surface area contributed by atoms with Gasteiger partial charge in [0, 0.05) is 44.1 Å². The highest BCUT2D eigenvalue weighted by molar-refractivity contribution is 5.59. The Kier molecular flexibility index (Phi) is 3.92. The zero-order chi connectivity index (χ0) is 13.8. The maximum absolute atomic E-state index is 4.60. The van der Waals surface area contributed by atoms with E-state index in [4.69, 9.17) is 0 Å². The van der Waals surface area contributed by atoms with E-state index in [0.717, 1.165) is 49.8 Å². The summed E-state index contributed by atoms with van der Waals surface area (Å²) in [6.45, 7) is 7.73. The fourth-order valence-corrected chi connectivity index (χ4v) is 2.55. The van der Waals surface area contributed by atoms with Crippen molar-refractivity contribution in [2.75, 3.05) is 37.6 Å². The number of pyridine rings is 2. The highest BCUT2D eigenvalue weighted by Gasteiger charge is 2.16. The molecule has 0 bridgehead atoms. The SMILES string of the molecule is CCN1CCN(c2ccc(-c3ccccn3)cn2)CC1. The third-order valence-electron chi connectivity index (χ3n) is 3.85. The van der Waals surface area contributed by atoms with Crippen LogP contribution in [0.4, 0.5) is 5.82 Å². The van der Waals surface area contributed by atoms with Crippen LogP contribution in [-0.2, 0) is 0 Å². The summed E-state index contributed by atoms with van der Waals surface area (Å²) in [6.07, 6.45) is 3.73. The monoisotopic (exact) mass is 268 g/mol. The summed E-state index contributed by atoms with van der Waals surface area (Å²) in [4.78, 5) is 13.8. The maximum Gasteiger partial charge on any atom is 0.128 e. The van der Waals surface area contributed by atoms with Gasteiger partial charge >= 0.3 is 0 Å². The molecular formula is C16H20N4. The van der Waals surface area contributed by atoms with Gasteiger partial charge in [0.1, 0.15) is 5.82 Å². The first-order valence-electron chi connectivity index (χ1n) is 7.21. The number of aromatic nitrogens is 2. The molecule has 1 saturated heterocycles. The molecule has 4 nitrogen and oxygen atoms in total. The predicted octanol–water partition coefficient (Wildman–Crippen LogP) is 2.29. The van der Waals surface area contributed by atoms with Gasteiger partial charge in [-0.2, -0.15) is 0 Å². The third-order valence-corrected chi connectivity index (χ3v) is 3.85. The second-order valence-corrected chi connectivity index (χ2v) is 5.04. The van der Waals surface area contributed by atoms with Crippen molar-refractivity contribution < 1.29 is 0 Å². The molecule has 0 radical (unpaired) electrons. The van der Waals surface area contributed by atoms with Crippen molar-refractivity contribution in [1.29, 1.82) is 0 Å². The fourth-order valence-electron chi connectivity index (χ4n) is 2.55. The molecule has 0 unspecified atom stereocenters. The Bertz CT molecular complexity index is 530. The van der Waals surface area contributed by atoms with Crippen molar-refractivity contribution >= 4 is 5.82 Å². The quantitative estimate of drug-likeness (QED) is 0.855. The molecule has 2 aromatic rings. The number of hydrogen-bond donors (Lipinski definition) is 0. The van der Waals surface area contributed by atoms with Crippen molar-refractivity contribution in [1.82, 2.24) is 14.9 Å². The van der Waals surface area contributed by atoms with Gasteiger partial charge in [0.05, 0.1) is 5.69 Å². The van der Waals surface area contributed by atoms with E-state index in [1.165, 1.54) is 0 Å². The molecule has 4 heteroatoms. The zero-order valence-corrected chi connectivity index (χ0v) is 11.9. The van der Waals surface area contributed by atoms with Crippen LogP contribution in [0.15, 0.2) is 42.7 Å². The van der Waals surface area contributed by atoms with Crippen molar-refractivity contribution in [3.8, 4) is 11.3 Å². The topological polar surface area (TPSA) is 32.3 Å². The van der Waals surface area contributed by atoms with E-state index in [1.54, 1.807) is 0 Å². The zero-order valence-electron chi connectivity index (χ0n) is 11.9. The van der Waals surface area contributed by atoms with E-state index in [1.807, 2.05) is 30.6 Å². The molecule has 20 heavy (non-hydrogen) atoms. The van der Waals surface area contributed by atoms with E-state index in [9.17, 15) is 0 Å². The third kappa shape index (κ3) is 2.80. The number of rotatable bonds is 3. The van der Waals surface area contributed by atoms with Crippen LogP contribution in [0, 0.1) is 0 Å². The van der Waals surface area contributed by atoms with Gasteiger partial charge in [-0.05, 0) is 30.8 Å². The number of anilines is 1. The van der Waals surface area contributed by atoms with Gasteiger partial charge in [-0.3, -0.25) is 4.98 Å². The van der Waals surface area contributed by atoms with Gasteiger partial charge in [0.25, 0.3) is 0 Å². The minimum absolute atomic E-state index is 0.974. The molecule has 0 N–H and O–H groups in total. The molecule has 0 aromatic carbocycles. The Balaban J connectivity index is 1.71. The van der Waals surface area contributed by atoms with Gasteiger partial charge in [-0.25, -0.2) is 4.98 Å². The minimum Gasteiger partial charge on any atom is -0.354 e. The van der Waals surface area contributed by atoms with Crippen LogP contribution in [0.25, 0.3) is 11.3 Å². The van der Waals surface area contributed by atoms with Gasteiger partial charge in [0.15, 0.2) is 0 Å². The lowest BCUT2D eigenvalue weighted by Gasteiger charge is -2.34. The Morgan fingerprint density at radius 1 is 1.00 bits per heavy atom. The normalized spacial score (nSPS) is 16.4. The smallest absolute Gasteiger partial charge is 0.128 e. The summed E-state index contributed by atoms with van der Waals surface area (Å²) in [5.41, 5.74) is 2.05. The summed E-state index contributed by atoms with van der Waals surface area (Å²) in [6, 6.07) is 10.2. The summed E-state index contributed by atoms with van der Waals surface area (Å²) in [7, 11) is 0. The number of piperazine rings is 1. The van der Waals surface area contributed by atoms with Crippen LogP contribution in [0.2, 0.25) is 0 Å². The lowest BCUT2D eigenvalue weighted by atomic mass is 10.2. The number of nitrogens with zero attached hydrogens (tertiary/aromatic N) is 4. The van der Waals surface area contributed by atoms with Crippen LogP contribution in [0.1, 0.15) is 6.92 Å². The van der Waals surface area contributed by atoms with Crippen molar-refractivity contribution in [3.63, 3.8) is 0 Å². The van der Waals surface area contributed by atoms with Crippen LogP contribution in [0.3, 0.4) is 0 Å². The van der Waals surface area contributed by atoms with Gasteiger partial charge < -0.3 is 9.80 Å². The first-order chi connectivity index (χ1) is 9.86. The summed E-state index contributed by atoms with van der Waals surface area (Å²) in [5.74, 6) is 1.07. The maximum atomic E-state index is 4.60. The van der Waals surface area contributed by atoms with Crippen molar-refractivity contribution in [2.24, 2.45) is 0 Å². The highest BCUT2D eigenvalue weighted by atomic mass is 15.3. The van der Waals surface area contributed by atoms with E-state index < -0.39 is 0 Å². The predicted molar refractivity (Wildman–Crippen MR) is 81.8 cm³/mol. The molecule has 2 aromatic heterocycles. The minimum atomic E-state index is 0.974. The molecule has 0 amide bonds. The van der Waals surface area contributed by atoms with Gasteiger partial charge in [0.2, 0.25) is 0 Å². The molecule has 1 aliphatic heterocycles. The average Bonchev–Trinajstić information content (AvgIpc) is 2.56. The van der Waals surface area contributed by atoms with Crippen molar-refractivity contribution in [2.45, 2.75) is 6.92 Å². The van der Waals surface area contributed by atoms with Crippen LogP contribution in [0.5, 0.6) is 0 Å². The van der Waals surface area contributed by atoms with Gasteiger partial charge in [-0.1, -0.05) is 13.0 Å². The Labute approximate surface area is 120 Å². The molecule has 0 aliphatic carbocycles. The molecule has 3 heterocycles.